The van der Waals surface area contributed by atoms with E-state index in [4.69, 9.17) is 14.4 Å². The van der Waals surface area contributed by atoms with E-state index in [0.29, 0.717) is 13.1 Å². The van der Waals surface area contributed by atoms with Crippen LogP contribution in [0.2, 0.25) is 0 Å². The molecule has 0 spiro atoms. The number of nitrogens with zero attached hydrogens (tertiary/aromatic N) is 1. The number of amides is 1. The van der Waals surface area contributed by atoms with Crippen LogP contribution in [0.1, 0.15) is 46.1 Å². The highest BCUT2D eigenvalue weighted by Crippen LogP contribution is 2.36. The minimum Gasteiger partial charge on any atom is -0.465 e. The molecule has 0 unspecified atom stereocenters. The van der Waals surface area contributed by atoms with Crippen LogP contribution in [0.4, 0.5) is 4.79 Å². The zero-order valence-electron chi connectivity index (χ0n) is 15.4. The summed E-state index contributed by atoms with van der Waals surface area (Å²) in [6, 6.07) is 8.19. The Morgan fingerprint density at radius 3 is 2.32 bits per heavy atom. The molecule has 3 rings (SSSR count). The second-order valence-electron chi connectivity index (χ2n) is 7.83. The van der Waals surface area contributed by atoms with E-state index in [9.17, 15) is 4.79 Å². The molecule has 1 aromatic carbocycles. The number of benzene rings is 1. The fourth-order valence-corrected chi connectivity index (χ4v) is 3.14. The molecule has 1 amide bonds. The second-order valence-corrected chi connectivity index (χ2v) is 7.83. The van der Waals surface area contributed by atoms with Crippen LogP contribution in [0, 0.1) is 0 Å². The fraction of sp³-hybridized carbons (Fsp3) is 0.526. The lowest BCUT2D eigenvalue weighted by Crippen LogP contribution is -2.41. The van der Waals surface area contributed by atoms with Crippen molar-refractivity contribution < 1.29 is 19.2 Å². The van der Waals surface area contributed by atoms with Crippen molar-refractivity contribution >= 4 is 24.8 Å². The van der Waals surface area contributed by atoms with Crippen molar-refractivity contribution in [1.29, 1.82) is 0 Å². The maximum atomic E-state index is 11.0. The van der Waals surface area contributed by atoms with E-state index in [1.165, 1.54) is 10.5 Å². The number of carbonyl (C=O) groups is 1. The minimum atomic E-state index is -0.832. The van der Waals surface area contributed by atoms with Gasteiger partial charge in [-0.2, -0.15) is 0 Å². The third-order valence-corrected chi connectivity index (χ3v) is 5.48. The summed E-state index contributed by atoms with van der Waals surface area (Å²) < 4.78 is 12.2. The Bertz CT molecular complexity index is 672. The number of carboxylic acid groups (broad SMARTS) is 1. The summed E-state index contributed by atoms with van der Waals surface area (Å²) in [5, 5.41) is 9.04. The fourth-order valence-electron chi connectivity index (χ4n) is 3.14. The molecule has 0 saturated carbocycles. The highest BCUT2D eigenvalue weighted by molar-refractivity contribution is 6.62. The van der Waals surface area contributed by atoms with Gasteiger partial charge >= 0.3 is 13.2 Å². The molecule has 1 aromatic rings. The first-order valence-electron chi connectivity index (χ1n) is 8.81. The van der Waals surface area contributed by atoms with Crippen LogP contribution in [0.5, 0.6) is 0 Å². The Balaban J connectivity index is 1.73. The van der Waals surface area contributed by atoms with Gasteiger partial charge in [0.15, 0.2) is 0 Å². The normalized spacial score (nSPS) is 22.2. The van der Waals surface area contributed by atoms with Gasteiger partial charge in [0.1, 0.15) is 0 Å². The predicted molar refractivity (Wildman–Crippen MR) is 99.0 cm³/mol. The average Bonchev–Trinajstić information content (AvgIpc) is 2.76. The molecular weight excluding hydrogens is 317 g/mol. The topological polar surface area (TPSA) is 59.0 Å². The van der Waals surface area contributed by atoms with Gasteiger partial charge in [-0.15, -0.1) is 0 Å². The Morgan fingerprint density at radius 2 is 1.76 bits per heavy atom. The van der Waals surface area contributed by atoms with E-state index >= 15 is 0 Å². The monoisotopic (exact) mass is 343 g/mol. The maximum Gasteiger partial charge on any atom is 0.494 e. The highest BCUT2D eigenvalue weighted by Gasteiger charge is 2.51. The summed E-state index contributed by atoms with van der Waals surface area (Å²) in [5.74, 6) is 0. The van der Waals surface area contributed by atoms with E-state index in [2.05, 4.69) is 45.9 Å². The predicted octanol–water partition coefficient (Wildman–Crippen LogP) is 3.14. The number of hydrogen-bond donors (Lipinski definition) is 1. The molecule has 2 fully saturated rings. The molecule has 0 radical (unpaired) electrons. The lowest BCUT2D eigenvalue weighted by atomic mass is 9.78. The summed E-state index contributed by atoms with van der Waals surface area (Å²) in [4.78, 5) is 12.5. The number of piperidine rings is 1. The largest absolute Gasteiger partial charge is 0.494 e. The third-order valence-electron chi connectivity index (χ3n) is 5.48. The van der Waals surface area contributed by atoms with Gasteiger partial charge in [-0.1, -0.05) is 35.9 Å². The van der Waals surface area contributed by atoms with E-state index in [0.717, 1.165) is 23.9 Å². The summed E-state index contributed by atoms with van der Waals surface area (Å²) in [6.45, 7) is 9.34. The van der Waals surface area contributed by atoms with Gasteiger partial charge in [-0.25, -0.2) is 4.79 Å². The first kappa shape index (κ1) is 18.0. The molecule has 0 bridgehead atoms. The summed E-state index contributed by atoms with van der Waals surface area (Å²) >= 11 is 0. The molecule has 2 aliphatic heterocycles. The summed E-state index contributed by atoms with van der Waals surface area (Å²) in [6.07, 6.45) is 2.90. The molecule has 2 aliphatic rings. The zero-order valence-corrected chi connectivity index (χ0v) is 15.4. The lowest BCUT2D eigenvalue weighted by Gasteiger charge is -2.32. The van der Waals surface area contributed by atoms with Crippen LogP contribution < -0.4 is 5.46 Å². The Hall–Kier alpha value is -1.79. The van der Waals surface area contributed by atoms with Crippen molar-refractivity contribution in [3.05, 3.63) is 35.4 Å². The zero-order chi connectivity index (χ0) is 18.2. The van der Waals surface area contributed by atoms with Crippen molar-refractivity contribution in [3.8, 4) is 0 Å². The quantitative estimate of drug-likeness (QED) is 0.838. The molecule has 25 heavy (non-hydrogen) atoms. The molecule has 0 aliphatic carbocycles. The van der Waals surface area contributed by atoms with Gasteiger partial charge in [0, 0.05) is 13.1 Å². The maximum absolute atomic E-state index is 11.0. The SMILES string of the molecule is CC1(C)OB(c2cccc(C=C3CCN(C(=O)O)CC3)c2)OC1(C)C. The highest BCUT2D eigenvalue weighted by atomic mass is 16.7. The molecule has 5 nitrogen and oxygen atoms in total. The number of hydrogen-bond acceptors (Lipinski definition) is 3. The second kappa shape index (κ2) is 6.50. The molecule has 134 valence electrons. The lowest BCUT2D eigenvalue weighted by molar-refractivity contribution is 0.00578. The summed E-state index contributed by atoms with van der Waals surface area (Å²) in [5.41, 5.74) is 2.69. The molecule has 2 heterocycles. The average molecular weight is 343 g/mol. The van der Waals surface area contributed by atoms with E-state index in [1.807, 2.05) is 12.1 Å². The van der Waals surface area contributed by atoms with Crippen LogP contribution in [0.25, 0.3) is 6.08 Å². The third kappa shape index (κ3) is 3.75. The van der Waals surface area contributed by atoms with Gasteiger partial charge in [-0.05, 0) is 51.6 Å². The Kier molecular flexibility index (Phi) is 4.69. The van der Waals surface area contributed by atoms with Crippen LogP contribution in [0.3, 0.4) is 0 Å². The van der Waals surface area contributed by atoms with E-state index in [-0.39, 0.29) is 18.3 Å². The van der Waals surface area contributed by atoms with Crippen molar-refractivity contribution in [2.75, 3.05) is 13.1 Å². The molecule has 2 saturated heterocycles. The number of rotatable bonds is 2. The smallest absolute Gasteiger partial charge is 0.465 e. The van der Waals surface area contributed by atoms with Crippen LogP contribution in [-0.2, 0) is 9.31 Å². The van der Waals surface area contributed by atoms with Crippen LogP contribution >= 0.6 is 0 Å². The molecule has 1 N–H and O–H groups in total. The Morgan fingerprint density at radius 1 is 1.16 bits per heavy atom. The first-order valence-corrected chi connectivity index (χ1v) is 8.81. The summed E-state index contributed by atoms with van der Waals surface area (Å²) in [7, 11) is -0.364. The van der Waals surface area contributed by atoms with Crippen molar-refractivity contribution in [2.24, 2.45) is 0 Å². The number of likely N-dealkylation sites (tertiary alicyclic amines) is 1. The Labute approximate surface area is 149 Å². The minimum absolute atomic E-state index is 0.351. The van der Waals surface area contributed by atoms with Gasteiger partial charge in [-0.3, -0.25) is 0 Å². The van der Waals surface area contributed by atoms with Crippen molar-refractivity contribution in [3.63, 3.8) is 0 Å². The van der Waals surface area contributed by atoms with Gasteiger partial charge in [0.2, 0.25) is 0 Å². The van der Waals surface area contributed by atoms with Gasteiger partial charge < -0.3 is 19.3 Å². The van der Waals surface area contributed by atoms with E-state index < -0.39 is 6.09 Å². The van der Waals surface area contributed by atoms with E-state index in [1.54, 1.807) is 0 Å². The molecule has 0 aromatic heterocycles. The van der Waals surface area contributed by atoms with Crippen LogP contribution in [-0.4, -0.2) is 47.5 Å². The van der Waals surface area contributed by atoms with Crippen molar-refractivity contribution in [2.45, 2.75) is 51.7 Å². The molecule has 6 heteroatoms. The van der Waals surface area contributed by atoms with Crippen molar-refractivity contribution in [1.82, 2.24) is 4.90 Å². The molecule has 0 atom stereocenters. The molecular formula is C19H26BNO4. The van der Waals surface area contributed by atoms with Gasteiger partial charge in [0.05, 0.1) is 11.2 Å². The van der Waals surface area contributed by atoms with Crippen LogP contribution in [0.15, 0.2) is 29.8 Å². The first-order chi connectivity index (χ1) is 11.7. The van der Waals surface area contributed by atoms with Gasteiger partial charge in [0.25, 0.3) is 0 Å². The standard InChI is InChI=1S/C19H26BNO4/c1-18(2)19(3,4)25-20(24-18)16-7-5-6-15(13-16)12-14-8-10-21(11-9-14)17(22)23/h5-7,12-13H,8-11H2,1-4H3,(H,22,23).